The van der Waals surface area contributed by atoms with Crippen LogP contribution in [0.15, 0.2) is 65.3 Å². The van der Waals surface area contributed by atoms with Crippen molar-refractivity contribution in [2.45, 2.75) is 50.2 Å². The molecule has 33 heavy (non-hydrogen) atoms. The van der Waals surface area contributed by atoms with Gasteiger partial charge in [0, 0.05) is 37.3 Å². The summed E-state index contributed by atoms with van der Waals surface area (Å²) >= 11 is 22.7. The van der Waals surface area contributed by atoms with Gasteiger partial charge < -0.3 is 4.74 Å². The predicted octanol–water partition coefficient (Wildman–Crippen LogP) is 9.03. The maximum Gasteiger partial charge on any atom is 0.0938 e. The molecule has 2 fully saturated rings. The zero-order valence-electron chi connectivity index (χ0n) is 18.4. The van der Waals surface area contributed by atoms with Crippen molar-refractivity contribution in [1.82, 2.24) is 4.98 Å². The molecule has 6 atom stereocenters. The fourth-order valence-electron chi connectivity index (χ4n) is 6.27. The highest BCUT2D eigenvalue weighted by Crippen LogP contribution is 2.61. The van der Waals surface area contributed by atoms with E-state index in [2.05, 4.69) is 60.1 Å². The first-order chi connectivity index (χ1) is 15.8. The minimum absolute atomic E-state index is 0.0694. The van der Waals surface area contributed by atoms with E-state index in [0.717, 1.165) is 38.6 Å². The molecule has 2 aliphatic rings. The van der Waals surface area contributed by atoms with Gasteiger partial charge in [0.25, 0.3) is 0 Å². The van der Waals surface area contributed by atoms with Gasteiger partial charge in [-0.25, -0.2) is 0 Å². The number of ether oxygens (including phenoxy) is 1. The number of fused-ring (bicyclic) bond motifs is 1. The molecule has 2 nitrogen and oxygen atoms in total. The molecule has 0 bridgehead atoms. The number of aromatic nitrogens is 1. The average molecular weight is 566 g/mol. The van der Waals surface area contributed by atoms with E-state index in [-0.39, 0.29) is 23.5 Å². The van der Waals surface area contributed by atoms with Gasteiger partial charge in [-0.15, -0.1) is 0 Å². The average Bonchev–Trinajstić information content (AvgIpc) is 3.05. The molecule has 0 N–H and O–H groups in total. The number of halogens is 4. The van der Waals surface area contributed by atoms with Crippen LogP contribution in [-0.2, 0) is 10.3 Å². The third-order valence-corrected chi connectivity index (χ3v) is 8.94. The Bertz CT molecular complexity index is 1150. The van der Waals surface area contributed by atoms with Crippen LogP contribution >= 0.6 is 50.7 Å². The van der Waals surface area contributed by atoms with Crippen LogP contribution < -0.4 is 0 Å². The van der Waals surface area contributed by atoms with Crippen LogP contribution in [0.4, 0.5) is 0 Å². The highest BCUT2D eigenvalue weighted by atomic mass is 79.9. The molecule has 1 aromatic heterocycles. The van der Waals surface area contributed by atoms with Crippen molar-refractivity contribution in [1.29, 1.82) is 0 Å². The molecule has 172 valence electrons. The summed E-state index contributed by atoms with van der Waals surface area (Å²) in [4.78, 5) is 4.86. The summed E-state index contributed by atoms with van der Waals surface area (Å²) in [6.07, 6.45) is 4.01. The zero-order chi connectivity index (χ0) is 23.3. The van der Waals surface area contributed by atoms with Gasteiger partial charge in [0.2, 0.25) is 0 Å². The van der Waals surface area contributed by atoms with E-state index in [0.29, 0.717) is 16.9 Å². The molecule has 1 saturated heterocycles. The van der Waals surface area contributed by atoms with Gasteiger partial charge in [-0.05, 0) is 108 Å². The van der Waals surface area contributed by atoms with Crippen molar-refractivity contribution in [2.24, 2.45) is 11.8 Å². The number of nitrogens with zero attached hydrogens (tertiary/aromatic N) is 1. The fraction of sp³-hybridized carbons (Fsp3) is 0.370. The Hall–Kier alpha value is -1.10. The molecule has 5 rings (SSSR count). The summed E-state index contributed by atoms with van der Waals surface area (Å²) in [5.74, 6) is 1.07. The van der Waals surface area contributed by atoms with Crippen molar-refractivity contribution in [2.75, 3.05) is 0 Å². The summed E-state index contributed by atoms with van der Waals surface area (Å²) in [7, 11) is 0. The summed E-state index contributed by atoms with van der Waals surface area (Å²) in [6, 6.07) is 18.2. The second-order valence-corrected chi connectivity index (χ2v) is 11.6. The Kier molecular flexibility index (Phi) is 6.56. The van der Waals surface area contributed by atoms with Crippen LogP contribution in [0.2, 0.25) is 15.1 Å². The Morgan fingerprint density at radius 1 is 0.970 bits per heavy atom. The first kappa shape index (κ1) is 23.6. The van der Waals surface area contributed by atoms with Gasteiger partial charge in [0.15, 0.2) is 0 Å². The van der Waals surface area contributed by atoms with Gasteiger partial charge in [-0.2, -0.15) is 0 Å². The molecule has 2 heterocycles. The molecule has 1 aliphatic carbocycles. The van der Waals surface area contributed by atoms with E-state index in [1.807, 2.05) is 30.5 Å². The highest BCUT2D eigenvalue weighted by molar-refractivity contribution is 9.10. The van der Waals surface area contributed by atoms with Crippen LogP contribution in [0.1, 0.15) is 55.3 Å². The SMILES string of the molecule is CC1OC(C)(c2ccc(Cl)cc2)C2CCC(c3ccc(Cl)cc3Cl)C(c3ccc(Br)cn3)C12. The van der Waals surface area contributed by atoms with Crippen molar-refractivity contribution < 1.29 is 4.74 Å². The van der Waals surface area contributed by atoms with E-state index in [9.17, 15) is 0 Å². The zero-order valence-corrected chi connectivity index (χ0v) is 22.3. The van der Waals surface area contributed by atoms with E-state index in [4.69, 9.17) is 44.5 Å². The van der Waals surface area contributed by atoms with E-state index in [1.165, 1.54) is 5.56 Å². The number of hydrogen-bond donors (Lipinski definition) is 0. The number of benzene rings is 2. The van der Waals surface area contributed by atoms with Crippen LogP contribution in [0.5, 0.6) is 0 Å². The van der Waals surface area contributed by atoms with Crippen molar-refractivity contribution in [3.63, 3.8) is 0 Å². The second kappa shape index (κ2) is 9.17. The molecule has 0 spiro atoms. The minimum Gasteiger partial charge on any atom is -0.367 e. The number of rotatable bonds is 3. The van der Waals surface area contributed by atoms with E-state index >= 15 is 0 Å². The Morgan fingerprint density at radius 2 is 1.70 bits per heavy atom. The first-order valence-electron chi connectivity index (χ1n) is 11.3. The molecule has 3 aromatic rings. The fourth-order valence-corrected chi connectivity index (χ4v) is 7.17. The number of hydrogen-bond acceptors (Lipinski definition) is 2. The molecule has 6 heteroatoms. The Balaban J connectivity index is 1.61. The molecule has 0 amide bonds. The lowest BCUT2D eigenvalue weighted by Crippen LogP contribution is -2.39. The highest BCUT2D eigenvalue weighted by Gasteiger charge is 2.57. The van der Waals surface area contributed by atoms with E-state index in [1.54, 1.807) is 0 Å². The van der Waals surface area contributed by atoms with Crippen molar-refractivity contribution in [3.05, 3.63) is 97.2 Å². The van der Waals surface area contributed by atoms with E-state index < -0.39 is 0 Å². The molecule has 1 saturated carbocycles. The molecular weight excluding hydrogens is 541 g/mol. The van der Waals surface area contributed by atoms with Crippen molar-refractivity contribution in [3.8, 4) is 0 Å². The summed E-state index contributed by atoms with van der Waals surface area (Å²) in [6.45, 7) is 4.44. The van der Waals surface area contributed by atoms with Crippen LogP contribution in [0.3, 0.4) is 0 Å². The van der Waals surface area contributed by atoms with Gasteiger partial charge in [-0.1, -0.05) is 53.0 Å². The van der Waals surface area contributed by atoms with Crippen LogP contribution in [0.25, 0.3) is 0 Å². The third kappa shape index (κ3) is 4.25. The lowest BCUT2D eigenvalue weighted by atomic mass is 9.59. The molecule has 1 aliphatic heterocycles. The summed E-state index contributed by atoms with van der Waals surface area (Å²) < 4.78 is 7.77. The minimum atomic E-state index is -0.378. The van der Waals surface area contributed by atoms with Crippen molar-refractivity contribution >= 4 is 50.7 Å². The quantitative estimate of drug-likeness (QED) is 0.316. The maximum absolute atomic E-state index is 6.80. The molecule has 6 unspecified atom stereocenters. The predicted molar refractivity (Wildman–Crippen MR) is 139 cm³/mol. The van der Waals surface area contributed by atoms with Gasteiger partial charge in [-0.3, -0.25) is 4.98 Å². The van der Waals surface area contributed by atoms with Gasteiger partial charge in [0.05, 0.1) is 11.7 Å². The van der Waals surface area contributed by atoms with Gasteiger partial charge >= 0.3 is 0 Å². The lowest BCUT2D eigenvalue weighted by Gasteiger charge is -2.44. The summed E-state index contributed by atoms with van der Waals surface area (Å²) in [5, 5.41) is 2.12. The normalized spacial score (nSPS) is 31.4. The lowest BCUT2D eigenvalue weighted by molar-refractivity contribution is -0.0452. The largest absolute Gasteiger partial charge is 0.367 e. The monoisotopic (exact) mass is 563 g/mol. The second-order valence-electron chi connectivity index (χ2n) is 9.40. The number of pyridine rings is 1. The topological polar surface area (TPSA) is 22.1 Å². The smallest absolute Gasteiger partial charge is 0.0938 e. The van der Waals surface area contributed by atoms with Gasteiger partial charge in [0.1, 0.15) is 0 Å². The molecular formula is C27H25BrCl3NO. The first-order valence-corrected chi connectivity index (χ1v) is 13.2. The van der Waals surface area contributed by atoms with Crippen LogP contribution in [-0.4, -0.2) is 11.1 Å². The maximum atomic E-state index is 6.80. The molecule has 2 aromatic carbocycles. The Morgan fingerprint density at radius 3 is 2.36 bits per heavy atom. The summed E-state index contributed by atoms with van der Waals surface area (Å²) in [5.41, 5.74) is 3.02. The Labute approximate surface area is 218 Å². The molecule has 0 radical (unpaired) electrons. The van der Waals surface area contributed by atoms with Crippen LogP contribution in [0, 0.1) is 11.8 Å². The standard InChI is InChI=1S/C27H25BrCl3NO/c1-15-25-22(27(2,33-15)16-3-6-18(29)7-4-16)11-10-21(20-9-8-19(30)13-23(20)31)26(25)24-12-5-17(28)14-32-24/h3-9,12-15,21-22,25-26H,10-11H2,1-2H3. The third-order valence-electron chi connectivity index (χ3n) is 7.65.